The Labute approximate surface area is 160 Å². The van der Waals surface area contributed by atoms with Crippen LogP contribution in [0.15, 0.2) is 64.4 Å². The Morgan fingerprint density at radius 3 is 2.07 bits per heavy atom. The van der Waals surface area contributed by atoms with Gasteiger partial charge in [0.2, 0.25) is 0 Å². The van der Waals surface area contributed by atoms with Crippen molar-refractivity contribution >= 4 is 48.3 Å². The van der Waals surface area contributed by atoms with Gasteiger partial charge in [-0.1, -0.05) is 18.2 Å². The fraction of sp³-hybridized carbons (Fsp3) is 0. The zero-order valence-electron chi connectivity index (χ0n) is 14.0. The van der Waals surface area contributed by atoms with Gasteiger partial charge < -0.3 is 11.1 Å². The molecule has 146 valence electrons. The van der Waals surface area contributed by atoms with Gasteiger partial charge in [-0.15, -0.1) is 0 Å². The van der Waals surface area contributed by atoms with Crippen molar-refractivity contribution in [3.05, 3.63) is 60.2 Å². The summed E-state index contributed by atoms with van der Waals surface area (Å²) in [6.07, 6.45) is 0. The molecular formula is C17H14N2O7S2. The summed E-state index contributed by atoms with van der Waals surface area (Å²) in [5, 5.41) is 2.09. The standard InChI is InChI=1S/C17H14N2O7S2/c18-11-4-1-3-10(7-11)17(20)19-12-8-14-13(16(9-12)28(24,25)26)5-2-6-15(14)27(21,22)23/h1-9H,18H2,(H,19,20)(H,21,22,23)(H,24,25,26). The van der Waals surface area contributed by atoms with E-state index in [2.05, 4.69) is 5.32 Å². The second kappa shape index (κ2) is 6.87. The molecule has 5 N–H and O–H groups in total. The van der Waals surface area contributed by atoms with Gasteiger partial charge in [-0.2, -0.15) is 16.8 Å². The summed E-state index contributed by atoms with van der Waals surface area (Å²) >= 11 is 0. The number of amides is 1. The van der Waals surface area contributed by atoms with Gasteiger partial charge in [0, 0.05) is 27.7 Å². The first-order chi connectivity index (χ1) is 13.0. The van der Waals surface area contributed by atoms with Crippen molar-refractivity contribution in [2.45, 2.75) is 9.79 Å². The molecule has 0 aliphatic rings. The number of nitrogens with two attached hydrogens (primary N) is 1. The van der Waals surface area contributed by atoms with E-state index in [0.29, 0.717) is 5.69 Å². The van der Waals surface area contributed by atoms with E-state index in [9.17, 15) is 30.7 Å². The summed E-state index contributed by atoms with van der Waals surface area (Å²) in [6, 6.07) is 11.7. The van der Waals surface area contributed by atoms with Gasteiger partial charge in [0.15, 0.2) is 0 Å². The molecule has 3 aromatic carbocycles. The molecule has 0 radical (unpaired) electrons. The Morgan fingerprint density at radius 2 is 1.46 bits per heavy atom. The lowest BCUT2D eigenvalue weighted by Crippen LogP contribution is -2.13. The molecule has 9 nitrogen and oxygen atoms in total. The second-order valence-electron chi connectivity index (χ2n) is 5.86. The SMILES string of the molecule is Nc1cccc(C(=O)Nc2cc(S(=O)(=O)O)c3cccc(S(=O)(=O)O)c3c2)c1. The first-order valence-electron chi connectivity index (χ1n) is 7.65. The van der Waals surface area contributed by atoms with E-state index in [1.54, 1.807) is 12.1 Å². The summed E-state index contributed by atoms with van der Waals surface area (Å²) < 4.78 is 65.8. The number of anilines is 2. The lowest BCUT2D eigenvalue weighted by Gasteiger charge is -2.12. The monoisotopic (exact) mass is 422 g/mol. The number of nitrogens with one attached hydrogen (secondary N) is 1. The third kappa shape index (κ3) is 3.97. The molecule has 0 aliphatic carbocycles. The lowest BCUT2D eigenvalue weighted by molar-refractivity contribution is 0.102. The maximum Gasteiger partial charge on any atom is 0.295 e. The molecule has 0 atom stereocenters. The summed E-state index contributed by atoms with van der Waals surface area (Å²) in [7, 11) is -9.47. The van der Waals surface area contributed by atoms with E-state index in [1.807, 2.05) is 0 Å². The summed E-state index contributed by atoms with van der Waals surface area (Å²) in [4.78, 5) is 11.2. The highest BCUT2D eigenvalue weighted by molar-refractivity contribution is 7.86. The first-order valence-corrected chi connectivity index (χ1v) is 10.5. The van der Waals surface area contributed by atoms with Crippen LogP contribution in [-0.4, -0.2) is 31.8 Å². The highest BCUT2D eigenvalue weighted by Crippen LogP contribution is 2.32. The molecule has 0 aromatic heterocycles. The molecule has 3 rings (SSSR count). The maximum atomic E-state index is 12.4. The Kier molecular flexibility index (Phi) is 4.85. The zero-order chi connectivity index (χ0) is 20.7. The van der Waals surface area contributed by atoms with Crippen molar-refractivity contribution in [3.8, 4) is 0 Å². The number of benzene rings is 3. The van der Waals surface area contributed by atoms with Crippen LogP contribution in [0.5, 0.6) is 0 Å². The Bertz CT molecular complexity index is 1320. The molecule has 0 heterocycles. The van der Waals surface area contributed by atoms with Gasteiger partial charge in [-0.3, -0.25) is 13.9 Å². The van der Waals surface area contributed by atoms with Crippen LogP contribution >= 0.6 is 0 Å². The van der Waals surface area contributed by atoms with Crippen LogP contribution < -0.4 is 11.1 Å². The summed E-state index contributed by atoms with van der Waals surface area (Å²) in [5.74, 6) is -0.641. The van der Waals surface area contributed by atoms with Crippen molar-refractivity contribution in [2.75, 3.05) is 11.1 Å². The largest absolute Gasteiger partial charge is 0.399 e. The highest BCUT2D eigenvalue weighted by Gasteiger charge is 2.21. The van der Waals surface area contributed by atoms with Gasteiger partial charge in [-0.05, 0) is 36.4 Å². The Balaban J connectivity index is 2.22. The number of fused-ring (bicyclic) bond motifs is 1. The molecule has 28 heavy (non-hydrogen) atoms. The van der Waals surface area contributed by atoms with Crippen molar-refractivity contribution in [1.82, 2.24) is 0 Å². The zero-order valence-corrected chi connectivity index (χ0v) is 15.7. The number of nitrogen functional groups attached to an aromatic ring is 1. The predicted octanol–water partition coefficient (Wildman–Crippen LogP) is 2.17. The minimum atomic E-state index is -4.77. The average Bonchev–Trinajstić information content (AvgIpc) is 2.58. The molecule has 1 amide bonds. The van der Waals surface area contributed by atoms with Crippen LogP contribution in [0.4, 0.5) is 11.4 Å². The number of carbonyl (C=O) groups excluding carboxylic acids is 1. The van der Waals surface area contributed by atoms with Crippen LogP contribution in [0.25, 0.3) is 10.8 Å². The quantitative estimate of drug-likeness (QED) is 0.367. The molecule has 3 aromatic rings. The first kappa shape index (κ1) is 19.8. The lowest BCUT2D eigenvalue weighted by atomic mass is 10.1. The fourth-order valence-electron chi connectivity index (χ4n) is 2.72. The molecule has 0 saturated heterocycles. The van der Waals surface area contributed by atoms with Crippen LogP contribution in [0.3, 0.4) is 0 Å². The van der Waals surface area contributed by atoms with E-state index in [0.717, 1.165) is 12.1 Å². The van der Waals surface area contributed by atoms with Crippen LogP contribution in [0.2, 0.25) is 0 Å². The Hall–Kier alpha value is -2.99. The normalized spacial score (nSPS) is 12.1. The molecule has 0 saturated carbocycles. The topological polar surface area (TPSA) is 164 Å². The van der Waals surface area contributed by atoms with Gasteiger partial charge >= 0.3 is 0 Å². The van der Waals surface area contributed by atoms with Crippen LogP contribution in [0, 0.1) is 0 Å². The fourth-order valence-corrected chi connectivity index (χ4v) is 4.15. The van der Waals surface area contributed by atoms with Crippen molar-refractivity contribution < 1.29 is 30.7 Å². The molecule has 0 fully saturated rings. The van der Waals surface area contributed by atoms with Gasteiger partial charge in [0.25, 0.3) is 26.1 Å². The number of rotatable bonds is 4. The highest BCUT2D eigenvalue weighted by atomic mass is 32.2. The van der Waals surface area contributed by atoms with Crippen molar-refractivity contribution in [3.63, 3.8) is 0 Å². The molecule has 0 spiro atoms. The van der Waals surface area contributed by atoms with E-state index in [1.165, 1.54) is 30.3 Å². The van der Waals surface area contributed by atoms with Gasteiger partial charge in [-0.25, -0.2) is 0 Å². The minimum absolute atomic E-state index is 0.108. The van der Waals surface area contributed by atoms with E-state index >= 15 is 0 Å². The molecule has 11 heteroatoms. The van der Waals surface area contributed by atoms with Crippen molar-refractivity contribution in [1.29, 1.82) is 0 Å². The molecule has 0 aliphatic heterocycles. The minimum Gasteiger partial charge on any atom is -0.399 e. The van der Waals surface area contributed by atoms with Crippen LogP contribution in [-0.2, 0) is 20.2 Å². The third-order valence-corrected chi connectivity index (χ3v) is 5.69. The third-order valence-electron chi connectivity index (χ3n) is 3.88. The van der Waals surface area contributed by atoms with Crippen LogP contribution in [0.1, 0.15) is 10.4 Å². The number of hydrogen-bond donors (Lipinski definition) is 4. The molecule has 0 unspecified atom stereocenters. The summed E-state index contributed by atoms with van der Waals surface area (Å²) in [5.41, 5.74) is 6.03. The smallest absolute Gasteiger partial charge is 0.295 e. The average molecular weight is 422 g/mol. The maximum absolute atomic E-state index is 12.4. The van der Waals surface area contributed by atoms with E-state index in [4.69, 9.17) is 5.73 Å². The molecular weight excluding hydrogens is 408 g/mol. The predicted molar refractivity (Wildman–Crippen MR) is 102 cm³/mol. The Morgan fingerprint density at radius 1 is 0.821 bits per heavy atom. The number of carbonyl (C=O) groups is 1. The van der Waals surface area contributed by atoms with Crippen molar-refractivity contribution in [2.24, 2.45) is 0 Å². The van der Waals surface area contributed by atoms with Gasteiger partial charge in [0.05, 0.1) is 0 Å². The van der Waals surface area contributed by atoms with Gasteiger partial charge in [0.1, 0.15) is 9.79 Å². The second-order valence-corrected chi connectivity index (χ2v) is 8.64. The number of hydrogen-bond acceptors (Lipinski definition) is 6. The molecule has 0 bridgehead atoms. The van der Waals surface area contributed by atoms with E-state index < -0.39 is 35.9 Å². The summed E-state index contributed by atoms with van der Waals surface area (Å²) in [6.45, 7) is 0. The van der Waals surface area contributed by atoms with E-state index in [-0.39, 0.29) is 22.0 Å².